The fourth-order valence-corrected chi connectivity index (χ4v) is 2.66. The Morgan fingerprint density at radius 2 is 1.33 bits per heavy atom. The molecule has 3 N–H and O–H groups in total. The van der Waals surface area contributed by atoms with E-state index in [1.54, 1.807) is 12.1 Å². The molecule has 3 amide bonds. The maximum atomic E-state index is 12.2. The van der Waals surface area contributed by atoms with Crippen molar-refractivity contribution in [1.29, 1.82) is 0 Å². The zero-order valence-electron chi connectivity index (χ0n) is 14.8. The van der Waals surface area contributed by atoms with Crippen LogP contribution in [0.1, 0.15) is 11.1 Å². The van der Waals surface area contributed by atoms with Gasteiger partial charge in [-0.05, 0) is 35.7 Å². The Morgan fingerprint density at radius 3 is 2.07 bits per heavy atom. The molecule has 27 heavy (non-hydrogen) atoms. The molecule has 3 aromatic carbocycles. The van der Waals surface area contributed by atoms with Crippen molar-refractivity contribution in [3.8, 4) is 0 Å². The fourth-order valence-electron chi connectivity index (χ4n) is 2.66. The summed E-state index contributed by atoms with van der Waals surface area (Å²) >= 11 is 0. The van der Waals surface area contributed by atoms with Crippen molar-refractivity contribution in [1.82, 2.24) is 5.32 Å². The maximum Gasteiger partial charge on any atom is 0.319 e. The lowest BCUT2D eigenvalue weighted by Gasteiger charge is -2.12. The predicted octanol–water partition coefficient (Wildman–Crippen LogP) is 4.04. The molecule has 0 saturated carbocycles. The number of hydrogen-bond acceptors (Lipinski definition) is 2. The molecule has 0 unspecified atom stereocenters. The molecular formula is C22H21N3O2. The van der Waals surface area contributed by atoms with E-state index in [2.05, 4.69) is 16.0 Å². The van der Waals surface area contributed by atoms with Crippen LogP contribution in [0.5, 0.6) is 0 Å². The minimum Gasteiger partial charge on any atom is -0.329 e. The minimum atomic E-state index is -0.422. The van der Waals surface area contributed by atoms with Gasteiger partial charge in [0.25, 0.3) is 0 Å². The summed E-state index contributed by atoms with van der Waals surface area (Å²) in [4.78, 5) is 24.1. The first-order valence-electron chi connectivity index (χ1n) is 8.72. The van der Waals surface area contributed by atoms with E-state index in [0.29, 0.717) is 5.69 Å². The second-order valence-electron chi connectivity index (χ2n) is 6.04. The van der Waals surface area contributed by atoms with E-state index in [9.17, 15) is 9.59 Å². The Kier molecular flexibility index (Phi) is 6.20. The molecule has 0 heterocycles. The van der Waals surface area contributed by atoms with Gasteiger partial charge in [-0.1, -0.05) is 66.7 Å². The molecule has 3 rings (SSSR count). The molecule has 0 spiro atoms. The summed E-state index contributed by atoms with van der Waals surface area (Å²) in [6.45, 7) is -0.113. The monoisotopic (exact) mass is 359 g/mol. The van der Waals surface area contributed by atoms with Crippen molar-refractivity contribution in [2.75, 3.05) is 17.2 Å². The van der Waals surface area contributed by atoms with Crippen LogP contribution in [0.25, 0.3) is 0 Å². The van der Waals surface area contributed by atoms with Crippen LogP contribution < -0.4 is 16.0 Å². The zero-order chi connectivity index (χ0) is 18.9. The van der Waals surface area contributed by atoms with Crippen LogP contribution in [-0.2, 0) is 11.2 Å². The van der Waals surface area contributed by atoms with Crippen LogP contribution in [0, 0.1) is 0 Å². The van der Waals surface area contributed by atoms with Crippen LogP contribution in [0.15, 0.2) is 84.9 Å². The first-order valence-corrected chi connectivity index (χ1v) is 8.72. The summed E-state index contributed by atoms with van der Waals surface area (Å²) in [5, 5.41) is 8.10. The van der Waals surface area contributed by atoms with Gasteiger partial charge < -0.3 is 16.0 Å². The van der Waals surface area contributed by atoms with E-state index in [4.69, 9.17) is 0 Å². The molecule has 0 aliphatic heterocycles. The Bertz CT molecular complexity index is 896. The molecule has 0 aliphatic rings. The van der Waals surface area contributed by atoms with E-state index in [-0.39, 0.29) is 12.5 Å². The smallest absolute Gasteiger partial charge is 0.319 e. The Hall–Kier alpha value is -3.60. The topological polar surface area (TPSA) is 70.2 Å². The molecular weight excluding hydrogens is 338 g/mol. The van der Waals surface area contributed by atoms with Crippen LogP contribution in [0.3, 0.4) is 0 Å². The van der Waals surface area contributed by atoms with Gasteiger partial charge in [-0.25, -0.2) is 4.79 Å². The summed E-state index contributed by atoms with van der Waals surface area (Å²) in [5.41, 5.74) is 3.60. The maximum absolute atomic E-state index is 12.2. The van der Waals surface area contributed by atoms with Gasteiger partial charge in [0.15, 0.2) is 0 Å². The van der Waals surface area contributed by atoms with Gasteiger partial charge >= 0.3 is 6.03 Å². The first kappa shape index (κ1) is 18.2. The van der Waals surface area contributed by atoms with Gasteiger partial charge in [0.2, 0.25) is 5.91 Å². The highest BCUT2D eigenvalue weighted by Gasteiger charge is 2.09. The SMILES string of the molecule is O=C(CNC(=O)Nc1ccccc1)Nc1ccccc1Cc1ccccc1. The van der Waals surface area contributed by atoms with E-state index in [0.717, 1.165) is 17.7 Å². The standard InChI is InChI=1S/C22H21N3O2/c26-21(16-23-22(27)24-19-12-5-2-6-13-19)25-20-14-8-7-11-18(20)15-17-9-3-1-4-10-17/h1-14H,15-16H2,(H,25,26)(H2,23,24,27). The number of rotatable bonds is 6. The van der Waals surface area contributed by atoms with Crippen molar-refractivity contribution in [3.63, 3.8) is 0 Å². The fraction of sp³-hybridized carbons (Fsp3) is 0.0909. The van der Waals surface area contributed by atoms with Gasteiger partial charge in [0, 0.05) is 11.4 Å². The van der Waals surface area contributed by atoms with Crippen molar-refractivity contribution in [3.05, 3.63) is 96.1 Å². The van der Waals surface area contributed by atoms with Crippen LogP contribution in [0.2, 0.25) is 0 Å². The van der Waals surface area contributed by atoms with Crippen molar-refractivity contribution < 1.29 is 9.59 Å². The van der Waals surface area contributed by atoms with Gasteiger partial charge in [-0.2, -0.15) is 0 Å². The molecule has 0 fully saturated rings. The summed E-state index contributed by atoms with van der Waals surface area (Å²) in [6, 6.07) is 26.4. The van der Waals surface area contributed by atoms with Gasteiger partial charge in [0.05, 0.1) is 6.54 Å². The number of hydrogen-bond donors (Lipinski definition) is 3. The van der Waals surface area contributed by atoms with E-state index >= 15 is 0 Å². The molecule has 5 heteroatoms. The lowest BCUT2D eigenvalue weighted by atomic mass is 10.0. The number of benzene rings is 3. The number of carbonyl (C=O) groups excluding carboxylic acids is 2. The summed E-state index contributed by atoms with van der Waals surface area (Å²) < 4.78 is 0. The third-order valence-corrected chi connectivity index (χ3v) is 3.97. The van der Waals surface area contributed by atoms with Gasteiger partial charge in [-0.15, -0.1) is 0 Å². The Morgan fingerprint density at radius 1 is 0.704 bits per heavy atom. The van der Waals surface area contributed by atoms with E-state index in [1.807, 2.05) is 72.8 Å². The molecule has 136 valence electrons. The second kappa shape index (κ2) is 9.20. The lowest BCUT2D eigenvalue weighted by Crippen LogP contribution is -2.35. The molecule has 0 aromatic heterocycles. The highest BCUT2D eigenvalue weighted by Crippen LogP contribution is 2.19. The zero-order valence-corrected chi connectivity index (χ0v) is 14.8. The third-order valence-electron chi connectivity index (χ3n) is 3.97. The molecule has 0 bridgehead atoms. The molecule has 0 radical (unpaired) electrons. The quantitative estimate of drug-likeness (QED) is 0.622. The number of anilines is 2. The highest BCUT2D eigenvalue weighted by atomic mass is 16.2. The number of para-hydroxylation sites is 2. The molecule has 5 nitrogen and oxygen atoms in total. The second-order valence-corrected chi connectivity index (χ2v) is 6.04. The summed E-state index contributed by atoms with van der Waals surface area (Å²) in [5.74, 6) is -0.279. The average Bonchev–Trinajstić information content (AvgIpc) is 2.69. The lowest BCUT2D eigenvalue weighted by molar-refractivity contribution is -0.115. The predicted molar refractivity (Wildman–Crippen MR) is 108 cm³/mol. The van der Waals surface area contributed by atoms with Gasteiger partial charge in [0.1, 0.15) is 0 Å². The summed E-state index contributed by atoms with van der Waals surface area (Å²) in [7, 11) is 0. The van der Waals surface area contributed by atoms with Crippen LogP contribution >= 0.6 is 0 Å². The number of amides is 3. The van der Waals surface area contributed by atoms with Crippen LogP contribution in [0.4, 0.5) is 16.2 Å². The van der Waals surface area contributed by atoms with Crippen LogP contribution in [-0.4, -0.2) is 18.5 Å². The number of urea groups is 1. The average molecular weight is 359 g/mol. The highest BCUT2D eigenvalue weighted by molar-refractivity contribution is 5.97. The van der Waals surface area contributed by atoms with E-state index in [1.165, 1.54) is 5.56 Å². The van der Waals surface area contributed by atoms with Crippen molar-refractivity contribution in [2.45, 2.75) is 6.42 Å². The number of carbonyl (C=O) groups is 2. The Balaban J connectivity index is 1.54. The number of nitrogens with one attached hydrogen (secondary N) is 3. The molecule has 0 saturated heterocycles. The minimum absolute atomic E-state index is 0.113. The molecule has 3 aromatic rings. The molecule has 0 aliphatic carbocycles. The van der Waals surface area contributed by atoms with Crippen molar-refractivity contribution >= 4 is 23.3 Å². The van der Waals surface area contributed by atoms with Gasteiger partial charge in [-0.3, -0.25) is 4.79 Å². The third kappa shape index (κ3) is 5.71. The Labute approximate surface area is 158 Å². The van der Waals surface area contributed by atoms with E-state index < -0.39 is 6.03 Å². The van der Waals surface area contributed by atoms with Crippen molar-refractivity contribution in [2.24, 2.45) is 0 Å². The first-order chi connectivity index (χ1) is 13.2. The molecule has 0 atom stereocenters. The normalized spacial score (nSPS) is 10.1. The summed E-state index contributed by atoms with van der Waals surface area (Å²) in [6.07, 6.45) is 0.721. The largest absolute Gasteiger partial charge is 0.329 e.